The van der Waals surface area contributed by atoms with Gasteiger partial charge in [-0.05, 0) is 106 Å². The van der Waals surface area contributed by atoms with Crippen molar-refractivity contribution in [2.45, 2.75) is 91.0 Å². The fourth-order valence-electron chi connectivity index (χ4n) is 9.01. The molecule has 4 fully saturated rings. The molecular weight excluding hydrogens is 456 g/mol. The molecule has 198 valence electrons. The first-order valence-corrected chi connectivity index (χ1v) is 14.0. The highest BCUT2D eigenvalue weighted by Gasteiger charge is 2.59. The van der Waals surface area contributed by atoms with Gasteiger partial charge in [0, 0.05) is 12.5 Å². The molecule has 1 amide bonds. The van der Waals surface area contributed by atoms with Crippen molar-refractivity contribution in [2.24, 2.45) is 39.7 Å². The summed E-state index contributed by atoms with van der Waals surface area (Å²) < 4.78 is 4.83. The van der Waals surface area contributed by atoms with Gasteiger partial charge in [-0.2, -0.15) is 0 Å². The van der Waals surface area contributed by atoms with Crippen LogP contribution in [-0.4, -0.2) is 54.6 Å². The Morgan fingerprint density at radius 3 is 2.61 bits per heavy atom. The lowest BCUT2D eigenvalue weighted by molar-refractivity contribution is -0.152. The van der Waals surface area contributed by atoms with E-state index in [0.717, 1.165) is 37.8 Å². The zero-order chi connectivity index (χ0) is 25.7. The Morgan fingerprint density at radius 1 is 1.06 bits per heavy atom. The van der Waals surface area contributed by atoms with Crippen LogP contribution in [0.5, 0.6) is 0 Å². The number of carbonyl (C=O) groups excluding carboxylic acids is 3. The highest BCUT2D eigenvalue weighted by molar-refractivity contribution is 5.96. The molecule has 1 heterocycles. The molecule has 0 radical (unpaired) electrons. The fourth-order valence-corrected chi connectivity index (χ4v) is 9.01. The minimum atomic E-state index is -0.505. The largest absolute Gasteiger partial charge is 0.467 e. The van der Waals surface area contributed by atoms with Crippen LogP contribution in [0, 0.1) is 34.5 Å². The second-order valence-electron chi connectivity index (χ2n) is 12.4. The van der Waals surface area contributed by atoms with Crippen LogP contribution in [-0.2, 0) is 24.0 Å². The van der Waals surface area contributed by atoms with Gasteiger partial charge in [0.2, 0.25) is 0 Å². The zero-order valence-corrected chi connectivity index (χ0v) is 22.4. The molecule has 4 aliphatic carbocycles. The number of carbonyl (C=O) groups is 3. The molecule has 0 unspecified atom stereocenters. The molecule has 7 nitrogen and oxygen atoms in total. The Morgan fingerprint density at radius 2 is 1.86 bits per heavy atom. The van der Waals surface area contributed by atoms with Crippen molar-refractivity contribution in [3.8, 4) is 0 Å². The van der Waals surface area contributed by atoms with E-state index in [9.17, 15) is 14.4 Å². The van der Waals surface area contributed by atoms with E-state index >= 15 is 0 Å². The number of hydrogen-bond acceptors (Lipinski definition) is 6. The maximum absolute atomic E-state index is 12.6. The molecule has 1 aliphatic heterocycles. The van der Waals surface area contributed by atoms with Crippen molar-refractivity contribution < 1.29 is 24.0 Å². The van der Waals surface area contributed by atoms with E-state index in [0.29, 0.717) is 36.5 Å². The van der Waals surface area contributed by atoms with Crippen molar-refractivity contribution in [1.29, 1.82) is 0 Å². The first kappa shape index (κ1) is 25.5. The molecule has 1 saturated heterocycles. The Hall–Kier alpha value is -2.18. The molecule has 0 bridgehead atoms. The monoisotopic (exact) mass is 498 g/mol. The van der Waals surface area contributed by atoms with Crippen molar-refractivity contribution in [1.82, 2.24) is 4.90 Å². The molecule has 5 rings (SSSR count). The maximum atomic E-state index is 12.6. The van der Waals surface area contributed by atoms with Crippen molar-refractivity contribution in [3.05, 3.63) is 11.6 Å². The van der Waals surface area contributed by atoms with Crippen LogP contribution in [0.3, 0.4) is 0 Å². The lowest BCUT2D eigenvalue weighted by Gasteiger charge is -2.58. The number of oxime groups is 1. The third-order valence-corrected chi connectivity index (χ3v) is 10.9. The Labute approximate surface area is 215 Å². The van der Waals surface area contributed by atoms with Crippen molar-refractivity contribution in [2.75, 3.05) is 20.3 Å². The quantitative estimate of drug-likeness (QED) is 0.405. The number of fused-ring (bicyclic) bond motifs is 5. The van der Waals surface area contributed by atoms with Gasteiger partial charge in [-0.15, -0.1) is 0 Å². The number of methoxy groups -OCH3 is 1. The van der Waals surface area contributed by atoms with Crippen LogP contribution >= 0.6 is 0 Å². The summed E-state index contributed by atoms with van der Waals surface area (Å²) in [5, 5.41) is 4.34. The van der Waals surface area contributed by atoms with Gasteiger partial charge in [0.05, 0.1) is 12.8 Å². The first-order chi connectivity index (χ1) is 17.2. The first-order valence-electron chi connectivity index (χ1n) is 14.0. The number of amides is 1. The topological polar surface area (TPSA) is 85.3 Å². The summed E-state index contributed by atoms with van der Waals surface area (Å²) in [5.41, 5.74) is 2.78. The van der Waals surface area contributed by atoms with E-state index in [1.165, 1.54) is 38.4 Å². The third kappa shape index (κ3) is 4.10. The van der Waals surface area contributed by atoms with Gasteiger partial charge < -0.3 is 14.5 Å². The van der Waals surface area contributed by atoms with Crippen LogP contribution in [0.2, 0.25) is 0 Å². The molecule has 36 heavy (non-hydrogen) atoms. The number of Topliss-reactive ketones (excluding diaryl/α,β-unsaturated/α-hetero) is 1. The number of likely N-dealkylation sites (tertiary alicyclic amines) is 1. The number of rotatable bonds is 5. The SMILES string of the molecule is COC(=O)[C@@H]1CCCN1C(=O)CO/N=C1/C=C2CC[C@H]3[C@@H](CC[C@]4(C)[C@H](C(C)=O)CC[C@@H]34)[C@@]2(C)CC1. The number of esters is 1. The summed E-state index contributed by atoms with van der Waals surface area (Å²) in [6.45, 7) is 7.06. The lowest BCUT2D eigenvalue weighted by atomic mass is 9.46. The van der Waals surface area contributed by atoms with Crippen LogP contribution < -0.4 is 0 Å². The number of allylic oxidation sites excluding steroid dienone is 2. The van der Waals surface area contributed by atoms with Crippen LogP contribution in [0.15, 0.2) is 16.8 Å². The van der Waals surface area contributed by atoms with Crippen LogP contribution in [0.1, 0.15) is 85.0 Å². The van der Waals surface area contributed by atoms with Crippen molar-refractivity contribution in [3.63, 3.8) is 0 Å². The smallest absolute Gasteiger partial charge is 0.328 e. The number of nitrogens with zero attached hydrogens (tertiary/aromatic N) is 2. The van der Waals surface area contributed by atoms with Crippen LogP contribution in [0.4, 0.5) is 0 Å². The summed E-state index contributed by atoms with van der Waals surface area (Å²) in [7, 11) is 1.35. The Kier molecular flexibility index (Phi) is 6.80. The molecule has 5 aliphatic rings. The van der Waals surface area contributed by atoms with Gasteiger partial charge in [-0.1, -0.05) is 24.6 Å². The van der Waals surface area contributed by atoms with E-state index in [1.807, 2.05) is 0 Å². The fraction of sp³-hybridized carbons (Fsp3) is 0.793. The predicted molar refractivity (Wildman–Crippen MR) is 136 cm³/mol. The molecule has 7 atom stereocenters. The molecule has 0 aromatic carbocycles. The van der Waals surface area contributed by atoms with Crippen LogP contribution in [0.25, 0.3) is 0 Å². The summed E-state index contributed by atoms with van der Waals surface area (Å²) in [5.74, 6) is 2.13. The van der Waals surface area contributed by atoms with Gasteiger partial charge in [-0.3, -0.25) is 9.59 Å². The molecule has 0 aromatic heterocycles. The number of hydrogen-bond donors (Lipinski definition) is 0. The average molecular weight is 499 g/mol. The second-order valence-corrected chi connectivity index (χ2v) is 12.4. The highest BCUT2D eigenvalue weighted by Crippen LogP contribution is 2.66. The Bertz CT molecular complexity index is 988. The van der Waals surface area contributed by atoms with E-state index in [1.54, 1.807) is 11.8 Å². The summed E-state index contributed by atoms with van der Waals surface area (Å²) >= 11 is 0. The minimum absolute atomic E-state index is 0.153. The van der Waals surface area contributed by atoms with Gasteiger partial charge in [-0.25, -0.2) is 4.79 Å². The van der Waals surface area contributed by atoms with E-state index in [2.05, 4.69) is 25.1 Å². The zero-order valence-electron chi connectivity index (χ0n) is 22.4. The Balaban J connectivity index is 1.23. The summed E-state index contributed by atoms with van der Waals surface area (Å²) in [6.07, 6.45) is 12.5. The standard InChI is InChI=1S/C29H42N2O5/c1-18(32)22-9-10-23-21-8-7-19-16-20(11-13-28(19,2)24(21)12-14-29(22,23)3)30-36-17-26(33)31-15-5-6-25(31)27(34)35-4/h16,21-25H,5-15,17H2,1-4H3/b30-20+/t21-,22+,23+,24-,25+,28+,29-/m1/s1. The van der Waals surface area contributed by atoms with Gasteiger partial charge in [0.25, 0.3) is 5.91 Å². The highest BCUT2D eigenvalue weighted by atomic mass is 16.6. The number of ketones is 1. The molecule has 3 saturated carbocycles. The maximum Gasteiger partial charge on any atom is 0.328 e. The summed E-state index contributed by atoms with van der Waals surface area (Å²) in [6, 6.07) is -0.505. The van der Waals surface area contributed by atoms with E-state index in [4.69, 9.17) is 9.57 Å². The summed E-state index contributed by atoms with van der Waals surface area (Å²) in [4.78, 5) is 44.0. The average Bonchev–Trinajstić information content (AvgIpc) is 3.48. The normalized spacial score (nSPS) is 40.7. The third-order valence-electron chi connectivity index (χ3n) is 10.9. The number of ether oxygens (including phenoxy) is 1. The van der Waals surface area contributed by atoms with E-state index in [-0.39, 0.29) is 35.2 Å². The van der Waals surface area contributed by atoms with Crippen molar-refractivity contribution >= 4 is 23.4 Å². The molecule has 0 spiro atoms. The lowest BCUT2D eigenvalue weighted by Crippen LogP contribution is -2.51. The molecular formula is C29H42N2O5. The minimum Gasteiger partial charge on any atom is -0.467 e. The second kappa shape index (κ2) is 9.60. The van der Waals surface area contributed by atoms with Gasteiger partial charge >= 0.3 is 5.97 Å². The predicted octanol–water partition coefficient (Wildman–Crippen LogP) is 4.69. The van der Waals surface area contributed by atoms with E-state index < -0.39 is 6.04 Å². The molecule has 7 heteroatoms. The van der Waals surface area contributed by atoms with Gasteiger partial charge in [0.15, 0.2) is 6.61 Å². The molecule has 0 aromatic rings. The van der Waals surface area contributed by atoms with Gasteiger partial charge in [0.1, 0.15) is 11.8 Å². The molecule has 0 N–H and O–H groups in total.